The molecule has 2 aromatic rings. The van der Waals surface area contributed by atoms with E-state index in [1.54, 1.807) is 17.9 Å². The molecule has 0 spiro atoms. The van der Waals surface area contributed by atoms with Crippen LogP contribution in [0.4, 0.5) is 0 Å². The molecule has 1 amide bonds. The van der Waals surface area contributed by atoms with Crippen molar-refractivity contribution >= 4 is 5.91 Å². The van der Waals surface area contributed by atoms with E-state index >= 15 is 0 Å². The van der Waals surface area contributed by atoms with E-state index in [-0.39, 0.29) is 30.9 Å². The normalized spacial score (nSPS) is 22.7. The lowest BCUT2D eigenvalue weighted by atomic mass is 9.87. The highest BCUT2D eigenvalue weighted by Gasteiger charge is 2.33. The summed E-state index contributed by atoms with van der Waals surface area (Å²) in [6.45, 7) is 2.79. The average molecular weight is 330 g/mol. The van der Waals surface area contributed by atoms with E-state index in [1.165, 1.54) is 0 Å². The molecular weight excluding hydrogens is 312 g/mol. The molecule has 3 heterocycles. The summed E-state index contributed by atoms with van der Waals surface area (Å²) in [4.78, 5) is 14.0. The van der Waals surface area contributed by atoms with Crippen LogP contribution in [0.25, 0.3) is 0 Å². The number of benzene rings is 1. The van der Waals surface area contributed by atoms with Crippen molar-refractivity contribution in [3.8, 4) is 11.5 Å². The Bertz CT molecular complexity index is 772. The first kappa shape index (κ1) is 15.0. The van der Waals surface area contributed by atoms with Gasteiger partial charge >= 0.3 is 0 Å². The lowest BCUT2D eigenvalue weighted by Gasteiger charge is -2.35. The number of carbonyl (C=O) groups is 1. The van der Waals surface area contributed by atoms with Gasteiger partial charge in [0.25, 0.3) is 5.91 Å². The zero-order valence-electron chi connectivity index (χ0n) is 13.3. The zero-order chi connectivity index (χ0) is 16.7. The number of β-amino-alcohol motifs (C(OH)–C–C–N with tert-alkyl or cyclic N) is 1. The molecular formula is C17H18N2O5. The number of rotatable bonds is 2. The van der Waals surface area contributed by atoms with Gasteiger partial charge in [0.1, 0.15) is 5.76 Å². The molecule has 1 aromatic carbocycles. The van der Waals surface area contributed by atoms with Crippen LogP contribution < -0.4 is 9.47 Å². The van der Waals surface area contributed by atoms with Crippen LogP contribution in [0, 0.1) is 6.92 Å². The van der Waals surface area contributed by atoms with E-state index in [4.69, 9.17) is 14.0 Å². The third-order valence-corrected chi connectivity index (χ3v) is 4.54. The summed E-state index contributed by atoms with van der Waals surface area (Å²) in [6, 6.07) is 7.33. The van der Waals surface area contributed by atoms with Gasteiger partial charge in [-0.3, -0.25) is 4.79 Å². The topological polar surface area (TPSA) is 85.0 Å². The van der Waals surface area contributed by atoms with Gasteiger partial charge in [-0.25, -0.2) is 0 Å². The number of hydrogen-bond donors (Lipinski definition) is 1. The Balaban J connectivity index is 1.47. The molecule has 4 rings (SSSR count). The first-order valence-electron chi connectivity index (χ1n) is 7.92. The summed E-state index contributed by atoms with van der Waals surface area (Å²) in [6.07, 6.45) is 0.0275. The number of aliphatic hydroxyl groups is 1. The molecule has 0 saturated carbocycles. The van der Waals surface area contributed by atoms with Crippen LogP contribution in [-0.2, 0) is 0 Å². The quantitative estimate of drug-likeness (QED) is 0.902. The number of carbonyl (C=O) groups excluding carboxylic acids is 1. The number of piperidine rings is 1. The molecule has 2 atom stereocenters. The number of amides is 1. The first-order valence-corrected chi connectivity index (χ1v) is 7.92. The van der Waals surface area contributed by atoms with E-state index in [2.05, 4.69) is 5.16 Å². The number of nitrogens with zero attached hydrogens (tertiary/aromatic N) is 2. The van der Waals surface area contributed by atoms with Crippen molar-refractivity contribution in [3.05, 3.63) is 41.3 Å². The van der Waals surface area contributed by atoms with Crippen LogP contribution in [0.5, 0.6) is 11.5 Å². The van der Waals surface area contributed by atoms with Gasteiger partial charge in [0.15, 0.2) is 17.2 Å². The molecule has 0 unspecified atom stereocenters. The highest BCUT2D eigenvalue weighted by atomic mass is 16.7. The van der Waals surface area contributed by atoms with E-state index < -0.39 is 6.10 Å². The number of aliphatic hydroxyl groups excluding tert-OH is 1. The summed E-state index contributed by atoms with van der Waals surface area (Å²) >= 11 is 0. The lowest BCUT2D eigenvalue weighted by Crippen LogP contribution is -2.45. The summed E-state index contributed by atoms with van der Waals surface area (Å²) in [5.74, 6) is 1.77. The van der Waals surface area contributed by atoms with Crippen LogP contribution in [0.3, 0.4) is 0 Å². The summed E-state index contributed by atoms with van der Waals surface area (Å²) in [5.41, 5.74) is 1.28. The Morgan fingerprint density at radius 2 is 2.12 bits per heavy atom. The molecule has 2 aliphatic heterocycles. The third kappa shape index (κ3) is 2.60. The molecule has 7 nitrogen and oxygen atoms in total. The Labute approximate surface area is 138 Å². The first-order chi connectivity index (χ1) is 11.6. The number of ether oxygens (including phenoxy) is 2. The second-order valence-electron chi connectivity index (χ2n) is 6.15. The van der Waals surface area contributed by atoms with Gasteiger partial charge in [-0.05, 0) is 31.0 Å². The van der Waals surface area contributed by atoms with Crippen molar-refractivity contribution < 1.29 is 23.9 Å². The number of aromatic nitrogens is 1. The minimum atomic E-state index is -0.643. The number of aryl methyl sites for hydroxylation is 1. The van der Waals surface area contributed by atoms with Crippen LogP contribution in [0.2, 0.25) is 0 Å². The second kappa shape index (κ2) is 5.83. The lowest BCUT2D eigenvalue weighted by molar-refractivity contribution is 0.0374. The molecule has 1 aromatic heterocycles. The van der Waals surface area contributed by atoms with E-state index in [0.29, 0.717) is 24.5 Å². The van der Waals surface area contributed by atoms with Crippen molar-refractivity contribution in [2.24, 2.45) is 0 Å². The second-order valence-corrected chi connectivity index (χ2v) is 6.15. The number of fused-ring (bicyclic) bond motifs is 1. The van der Waals surface area contributed by atoms with Gasteiger partial charge in [0.2, 0.25) is 6.79 Å². The minimum absolute atomic E-state index is 0.0393. The van der Waals surface area contributed by atoms with Crippen LogP contribution in [-0.4, -0.2) is 47.1 Å². The van der Waals surface area contributed by atoms with Crippen molar-refractivity contribution in [1.82, 2.24) is 10.1 Å². The van der Waals surface area contributed by atoms with Gasteiger partial charge in [-0.2, -0.15) is 0 Å². The molecule has 1 N–H and O–H groups in total. The van der Waals surface area contributed by atoms with Gasteiger partial charge in [-0.15, -0.1) is 0 Å². The fourth-order valence-corrected chi connectivity index (χ4v) is 3.28. The van der Waals surface area contributed by atoms with Crippen molar-refractivity contribution in [2.45, 2.75) is 25.4 Å². The Kier molecular flexibility index (Phi) is 3.65. The molecule has 126 valence electrons. The maximum Gasteiger partial charge on any atom is 0.276 e. The van der Waals surface area contributed by atoms with Crippen molar-refractivity contribution in [3.63, 3.8) is 0 Å². The molecule has 7 heteroatoms. The third-order valence-electron chi connectivity index (χ3n) is 4.54. The maximum atomic E-state index is 12.4. The monoisotopic (exact) mass is 330 g/mol. The number of likely N-dealkylation sites (tertiary alicyclic amines) is 1. The SMILES string of the molecule is Cc1cc(C(=O)N2CC[C@@H](c3ccc4c(c3)OCO4)[C@H](O)C2)no1. The predicted octanol–water partition coefficient (Wildman–Crippen LogP) is 1.70. The van der Waals surface area contributed by atoms with Gasteiger partial charge in [-0.1, -0.05) is 11.2 Å². The van der Waals surface area contributed by atoms with Crippen molar-refractivity contribution in [1.29, 1.82) is 0 Å². The van der Waals surface area contributed by atoms with Crippen molar-refractivity contribution in [2.75, 3.05) is 19.9 Å². The molecule has 1 saturated heterocycles. The molecule has 0 radical (unpaired) electrons. The van der Waals surface area contributed by atoms with Gasteiger partial charge < -0.3 is 24.0 Å². The summed E-state index contributed by atoms with van der Waals surface area (Å²) in [7, 11) is 0. The standard InChI is InChI=1S/C17H18N2O5/c1-10-6-13(18-24-10)17(21)19-5-4-12(14(20)8-19)11-2-3-15-16(7-11)23-9-22-15/h2-3,6-7,12,14,20H,4-5,8-9H2,1H3/t12-,14+/m0/s1. The highest BCUT2D eigenvalue weighted by Crippen LogP contribution is 2.37. The largest absolute Gasteiger partial charge is 0.454 e. The van der Waals surface area contributed by atoms with E-state index in [0.717, 1.165) is 11.3 Å². The smallest absolute Gasteiger partial charge is 0.276 e. The summed E-state index contributed by atoms with van der Waals surface area (Å²) < 4.78 is 15.7. The average Bonchev–Trinajstić information content (AvgIpc) is 3.22. The van der Waals surface area contributed by atoms with E-state index in [9.17, 15) is 9.90 Å². The fourth-order valence-electron chi connectivity index (χ4n) is 3.28. The Morgan fingerprint density at radius 1 is 1.29 bits per heavy atom. The van der Waals surface area contributed by atoms with E-state index in [1.807, 2.05) is 18.2 Å². The highest BCUT2D eigenvalue weighted by molar-refractivity contribution is 5.92. The van der Waals surface area contributed by atoms with Crippen LogP contribution >= 0.6 is 0 Å². The maximum absolute atomic E-state index is 12.4. The Morgan fingerprint density at radius 3 is 2.88 bits per heavy atom. The molecule has 0 aliphatic carbocycles. The fraction of sp³-hybridized carbons (Fsp3) is 0.412. The molecule has 1 fully saturated rings. The summed E-state index contributed by atoms with van der Waals surface area (Å²) in [5, 5.41) is 14.3. The van der Waals surface area contributed by atoms with Gasteiger partial charge in [0.05, 0.1) is 6.10 Å². The molecule has 2 aliphatic rings. The van der Waals surface area contributed by atoms with Crippen LogP contribution in [0.15, 0.2) is 28.8 Å². The Hall–Kier alpha value is -2.54. The minimum Gasteiger partial charge on any atom is -0.454 e. The van der Waals surface area contributed by atoms with Gasteiger partial charge in [0, 0.05) is 25.1 Å². The number of hydrogen-bond acceptors (Lipinski definition) is 6. The molecule has 24 heavy (non-hydrogen) atoms. The molecule has 0 bridgehead atoms. The zero-order valence-corrected chi connectivity index (χ0v) is 13.3. The van der Waals surface area contributed by atoms with Crippen LogP contribution in [0.1, 0.15) is 34.2 Å². The predicted molar refractivity (Wildman–Crippen MR) is 83.1 cm³/mol.